The van der Waals surface area contributed by atoms with Crippen molar-refractivity contribution in [3.05, 3.63) is 0 Å². The summed E-state index contributed by atoms with van der Waals surface area (Å²) in [7, 11) is 6.33. The van der Waals surface area contributed by atoms with E-state index in [1.807, 2.05) is 11.9 Å². The average molecular weight is 549 g/mol. The van der Waals surface area contributed by atoms with E-state index in [9.17, 15) is 4.79 Å². The Morgan fingerprint density at radius 1 is 1.10 bits per heavy atom. The highest BCUT2D eigenvalue weighted by Crippen LogP contribution is 2.35. The molecule has 2 aliphatic heterocycles. The van der Waals surface area contributed by atoms with Crippen molar-refractivity contribution in [1.29, 1.82) is 0 Å². The first-order chi connectivity index (χ1) is 14.4. The second kappa shape index (κ2) is 12.0. The molecule has 2 heterocycles. The summed E-state index contributed by atoms with van der Waals surface area (Å²) in [5.41, 5.74) is 0.214. The van der Waals surface area contributed by atoms with Gasteiger partial charge in [-0.2, -0.15) is 0 Å². The molecular formula is C23H45IN6O. The fourth-order valence-electron chi connectivity index (χ4n) is 5.61. The topological polar surface area (TPSA) is 54.4 Å². The van der Waals surface area contributed by atoms with Crippen molar-refractivity contribution < 1.29 is 4.79 Å². The van der Waals surface area contributed by atoms with Gasteiger partial charge in [-0.25, -0.2) is 0 Å². The number of piperazine rings is 1. The number of likely N-dealkylation sites (N-methyl/N-ethyl adjacent to an activating group) is 1. The van der Waals surface area contributed by atoms with E-state index in [-0.39, 0.29) is 35.6 Å². The zero-order valence-electron chi connectivity index (χ0n) is 20.4. The Balaban J connectivity index is 0.00000341. The number of nitrogens with zero attached hydrogens (tertiary/aromatic N) is 5. The predicted molar refractivity (Wildman–Crippen MR) is 139 cm³/mol. The maximum absolute atomic E-state index is 12.7. The summed E-state index contributed by atoms with van der Waals surface area (Å²) < 4.78 is 0. The van der Waals surface area contributed by atoms with Crippen LogP contribution in [0.2, 0.25) is 0 Å². The van der Waals surface area contributed by atoms with Crippen molar-refractivity contribution in [3.63, 3.8) is 0 Å². The number of hydrogen-bond acceptors (Lipinski definition) is 4. The summed E-state index contributed by atoms with van der Waals surface area (Å²) >= 11 is 0. The van der Waals surface area contributed by atoms with Gasteiger partial charge in [0.05, 0.1) is 6.04 Å². The molecule has 3 rings (SSSR count). The average Bonchev–Trinajstić information content (AvgIpc) is 3.28. The lowest BCUT2D eigenvalue weighted by molar-refractivity contribution is -0.135. The molecule has 2 saturated heterocycles. The molecule has 7 nitrogen and oxygen atoms in total. The van der Waals surface area contributed by atoms with Gasteiger partial charge in [-0.05, 0) is 52.6 Å². The largest absolute Gasteiger partial charge is 0.354 e. The van der Waals surface area contributed by atoms with E-state index in [4.69, 9.17) is 0 Å². The maximum atomic E-state index is 12.7. The van der Waals surface area contributed by atoms with Crippen LogP contribution in [0.1, 0.15) is 52.4 Å². The zero-order chi connectivity index (χ0) is 21.7. The van der Waals surface area contributed by atoms with Crippen LogP contribution >= 0.6 is 24.0 Å². The number of nitrogens with one attached hydrogen (secondary N) is 1. The minimum Gasteiger partial charge on any atom is -0.354 e. The van der Waals surface area contributed by atoms with Crippen LogP contribution in [-0.2, 0) is 4.79 Å². The van der Waals surface area contributed by atoms with E-state index in [1.54, 1.807) is 0 Å². The first kappa shape index (κ1) is 26.6. The van der Waals surface area contributed by atoms with E-state index in [0.29, 0.717) is 5.91 Å². The van der Waals surface area contributed by atoms with Crippen LogP contribution in [0.5, 0.6) is 0 Å². The van der Waals surface area contributed by atoms with Crippen molar-refractivity contribution in [2.24, 2.45) is 10.9 Å². The molecule has 0 aromatic carbocycles. The van der Waals surface area contributed by atoms with Crippen LogP contribution in [0.25, 0.3) is 0 Å². The molecule has 0 aromatic rings. The summed E-state index contributed by atoms with van der Waals surface area (Å²) in [6.07, 6.45) is 7.46. The van der Waals surface area contributed by atoms with Crippen molar-refractivity contribution >= 4 is 35.8 Å². The first-order valence-electron chi connectivity index (χ1n) is 12.0. The highest BCUT2D eigenvalue weighted by atomic mass is 127. The minimum absolute atomic E-state index is 0. The van der Waals surface area contributed by atoms with Crippen LogP contribution in [0.4, 0.5) is 0 Å². The second-order valence-corrected chi connectivity index (χ2v) is 9.95. The Morgan fingerprint density at radius 2 is 1.74 bits per heavy atom. The van der Waals surface area contributed by atoms with Crippen LogP contribution in [0.3, 0.4) is 0 Å². The fourth-order valence-corrected chi connectivity index (χ4v) is 5.61. The molecule has 180 valence electrons. The third-order valence-electron chi connectivity index (χ3n) is 7.74. The van der Waals surface area contributed by atoms with Crippen LogP contribution in [0.15, 0.2) is 4.99 Å². The molecule has 3 atom stereocenters. The lowest BCUT2D eigenvalue weighted by Crippen LogP contribution is -2.60. The van der Waals surface area contributed by atoms with E-state index in [2.05, 4.69) is 53.0 Å². The number of rotatable bonds is 5. The van der Waals surface area contributed by atoms with Crippen LogP contribution in [-0.4, -0.2) is 110 Å². The molecule has 3 unspecified atom stereocenters. The predicted octanol–water partition coefficient (Wildman–Crippen LogP) is 2.32. The second-order valence-electron chi connectivity index (χ2n) is 9.95. The Labute approximate surface area is 207 Å². The van der Waals surface area contributed by atoms with Gasteiger partial charge >= 0.3 is 0 Å². The molecule has 1 amide bonds. The maximum Gasteiger partial charge on any atom is 0.239 e. The summed E-state index contributed by atoms with van der Waals surface area (Å²) in [6.45, 7) is 10.9. The first-order valence-corrected chi connectivity index (χ1v) is 12.0. The number of carbonyl (C=O) groups is 1. The molecule has 0 aromatic heterocycles. The van der Waals surface area contributed by atoms with Gasteiger partial charge in [0.25, 0.3) is 0 Å². The highest BCUT2D eigenvalue weighted by molar-refractivity contribution is 14.0. The monoisotopic (exact) mass is 548 g/mol. The standard InChI is InChI=1S/C23H44N6O.HI/c1-19-9-8-10-23(17-19,26(4)5)18-25-22(24-3)29-15-13-27(14-16-29)20(2)21(30)28-11-6-7-12-28;/h19-20H,6-18H2,1-5H3,(H,24,25);1H. The van der Waals surface area contributed by atoms with Gasteiger partial charge in [0.1, 0.15) is 0 Å². The Bertz CT molecular complexity index is 601. The number of likely N-dealkylation sites (tertiary alicyclic amines) is 1. The lowest BCUT2D eigenvalue weighted by atomic mass is 9.75. The van der Waals surface area contributed by atoms with E-state index >= 15 is 0 Å². The molecule has 0 spiro atoms. The molecular weight excluding hydrogens is 503 g/mol. The molecule has 0 bridgehead atoms. The van der Waals surface area contributed by atoms with E-state index < -0.39 is 0 Å². The van der Waals surface area contributed by atoms with Gasteiger partial charge in [-0.3, -0.25) is 14.7 Å². The van der Waals surface area contributed by atoms with Gasteiger partial charge in [0.2, 0.25) is 5.91 Å². The van der Waals surface area contributed by atoms with Gasteiger partial charge in [0.15, 0.2) is 5.96 Å². The normalized spacial score (nSPS) is 29.1. The van der Waals surface area contributed by atoms with Crippen molar-refractivity contribution in [3.8, 4) is 0 Å². The summed E-state index contributed by atoms with van der Waals surface area (Å²) in [6, 6.07) is -0.0130. The minimum atomic E-state index is -0.0130. The quantitative estimate of drug-likeness (QED) is 0.325. The van der Waals surface area contributed by atoms with E-state index in [0.717, 1.165) is 70.5 Å². The number of aliphatic imine (C=N–C) groups is 1. The van der Waals surface area contributed by atoms with Crippen LogP contribution < -0.4 is 5.32 Å². The van der Waals surface area contributed by atoms with Gasteiger partial charge < -0.3 is 20.0 Å². The molecule has 1 aliphatic carbocycles. The van der Waals surface area contributed by atoms with Gasteiger partial charge in [0, 0.05) is 58.4 Å². The van der Waals surface area contributed by atoms with Crippen molar-refractivity contribution in [1.82, 2.24) is 24.9 Å². The van der Waals surface area contributed by atoms with E-state index in [1.165, 1.54) is 25.7 Å². The SMILES string of the molecule is CN=C(NCC1(N(C)C)CCCC(C)C1)N1CCN(C(C)C(=O)N2CCCC2)CC1.I. The van der Waals surface area contributed by atoms with Crippen molar-refractivity contribution in [2.45, 2.75) is 64.0 Å². The number of hydrogen-bond donors (Lipinski definition) is 1. The van der Waals surface area contributed by atoms with Gasteiger partial charge in [-0.1, -0.05) is 19.8 Å². The Kier molecular flexibility index (Phi) is 10.3. The summed E-state index contributed by atoms with van der Waals surface area (Å²) in [4.78, 5) is 26.5. The molecule has 3 aliphatic rings. The van der Waals surface area contributed by atoms with Crippen LogP contribution in [0, 0.1) is 5.92 Å². The van der Waals surface area contributed by atoms with Gasteiger partial charge in [-0.15, -0.1) is 24.0 Å². The third-order valence-corrected chi connectivity index (χ3v) is 7.74. The number of amides is 1. The molecule has 3 fully saturated rings. The number of carbonyl (C=O) groups excluding carboxylic acids is 1. The number of guanidine groups is 1. The zero-order valence-corrected chi connectivity index (χ0v) is 22.7. The number of halogens is 1. The Hall–Kier alpha value is -0.610. The van der Waals surface area contributed by atoms with Crippen molar-refractivity contribution in [2.75, 3.05) is 67.0 Å². The fraction of sp³-hybridized carbons (Fsp3) is 0.913. The molecule has 8 heteroatoms. The lowest BCUT2D eigenvalue weighted by Gasteiger charge is -2.46. The Morgan fingerprint density at radius 3 is 2.29 bits per heavy atom. The molecule has 1 N–H and O–H groups in total. The summed E-state index contributed by atoms with van der Waals surface area (Å²) in [5.74, 6) is 2.10. The summed E-state index contributed by atoms with van der Waals surface area (Å²) in [5, 5.41) is 3.70. The molecule has 31 heavy (non-hydrogen) atoms. The smallest absolute Gasteiger partial charge is 0.239 e. The molecule has 1 saturated carbocycles. The molecule has 0 radical (unpaired) electrons. The highest BCUT2D eigenvalue weighted by Gasteiger charge is 2.37. The third kappa shape index (κ3) is 6.47.